The van der Waals surface area contributed by atoms with Crippen molar-refractivity contribution in [2.45, 2.75) is 44.8 Å². The molecule has 2 aromatic carbocycles. The number of carbonyl (C=O) groups excluding carboxylic acids is 4. The SMILES string of the molecule is CC(C)CC(NC(=O)c1ccc(N2CCN(C)CC2)cc1)C(=O)N1CCC2C1C(=O)CN2C(=O)Nc1ccccc1. The molecule has 2 aromatic rings. The predicted octanol–water partition coefficient (Wildman–Crippen LogP) is 2.67. The third kappa shape index (κ3) is 6.37. The van der Waals surface area contributed by atoms with Crippen molar-refractivity contribution in [1.82, 2.24) is 20.0 Å². The first-order valence-electron chi connectivity index (χ1n) is 14.5. The highest BCUT2D eigenvalue weighted by molar-refractivity contribution is 6.02. The van der Waals surface area contributed by atoms with E-state index in [-0.39, 0.29) is 42.1 Å². The standard InChI is InChI=1S/C31H40N6O4/c1-21(2)19-25(33-29(39)22-9-11-24(12-10-22)35-17-15-34(3)16-18-35)30(40)36-14-13-26-28(36)27(38)20-37(26)31(41)32-23-7-5-4-6-8-23/h4-12,21,25-26,28H,13-20H2,1-3H3,(H,32,41)(H,33,39). The second-order valence-corrected chi connectivity index (χ2v) is 11.7. The maximum absolute atomic E-state index is 13.8. The summed E-state index contributed by atoms with van der Waals surface area (Å²) in [7, 11) is 2.11. The number of benzene rings is 2. The van der Waals surface area contributed by atoms with Gasteiger partial charge in [-0.05, 0) is 62.2 Å². The molecule has 0 aliphatic carbocycles. The van der Waals surface area contributed by atoms with Gasteiger partial charge in [-0.2, -0.15) is 0 Å². The van der Waals surface area contributed by atoms with Gasteiger partial charge in [0, 0.05) is 49.7 Å². The molecule has 3 aliphatic heterocycles. The van der Waals surface area contributed by atoms with Crippen molar-refractivity contribution in [3.05, 3.63) is 60.2 Å². The number of piperazine rings is 1. The minimum Gasteiger partial charge on any atom is -0.369 e. The highest BCUT2D eigenvalue weighted by Crippen LogP contribution is 2.31. The van der Waals surface area contributed by atoms with Gasteiger partial charge in [-0.15, -0.1) is 0 Å². The van der Waals surface area contributed by atoms with Crippen molar-refractivity contribution in [3.63, 3.8) is 0 Å². The molecule has 3 fully saturated rings. The Balaban J connectivity index is 1.24. The summed E-state index contributed by atoms with van der Waals surface area (Å²) in [6.07, 6.45) is 0.963. The largest absolute Gasteiger partial charge is 0.369 e. The number of anilines is 2. The number of nitrogens with zero attached hydrogens (tertiary/aromatic N) is 4. The Bertz CT molecular complexity index is 1260. The van der Waals surface area contributed by atoms with Crippen LogP contribution in [0.5, 0.6) is 0 Å². The number of amides is 4. The van der Waals surface area contributed by atoms with Gasteiger partial charge in [0.2, 0.25) is 5.91 Å². The molecular weight excluding hydrogens is 520 g/mol. The fraction of sp³-hybridized carbons (Fsp3) is 0.484. The average Bonchev–Trinajstić information content (AvgIpc) is 3.54. The summed E-state index contributed by atoms with van der Waals surface area (Å²) in [5.41, 5.74) is 2.22. The molecule has 3 saturated heterocycles. The number of nitrogens with one attached hydrogen (secondary N) is 2. The van der Waals surface area contributed by atoms with Gasteiger partial charge in [0.25, 0.3) is 5.91 Å². The first kappa shape index (κ1) is 28.6. The summed E-state index contributed by atoms with van der Waals surface area (Å²) in [4.78, 5) is 60.9. The van der Waals surface area contributed by atoms with Gasteiger partial charge in [0.05, 0.1) is 12.6 Å². The number of urea groups is 1. The van der Waals surface area contributed by atoms with Crippen molar-refractivity contribution in [2.75, 3.05) is 56.5 Å². The molecule has 2 N–H and O–H groups in total. The van der Waals surface area contributed by atoms with E-state index in [1.165, 1.54) is 4.90 Å². The molecule has 0 spiro atoms. The molecule has 3 aliphatic rings. The van der Waals surface area contributed by atoms with Crippen molar-refractivity contribution < 1.29 is 19.2 Å². The summed E-state index contributed by atoms with van der Waals surface area (Å²) in [6, 6.07) is 14.4. The fourth-order valence-corrected chi connectivity index (χ4v) is 6.08. The molecule has 0 aromatic heterocycles. The van der Waals surface area contributed by atoms with Crippen molar-refractivity contribution in [3.8, 4) is 0 Å². The van der Waals surface area contributed by atoms with Gasteiger partial charge in [0.15, 0.2) is 5.78 Å². The number of likely N-dealkylation sites (N-methyl/N-ethyl adjacent to an activating group) is 1. The van der Waals surface area contributed by atoms with Crippen LogP contribution in [0, 0.1) is 5.92 Å². The summed E-state index contributed by atoms with van der Waals surface area (Å²) >= 11 is 0. The van der Waals surface area contributed by atoms with E-state index in [2.05, 4.69) is 27.5 Å². The van der Waals surface area contributed by atoms with E-state index in [0.29, 0.717) is 30.6 Å². The molecule has 218 valence electrons. The van der Waals surface area contributed by atoms with Crippen molar-refractivity contribution in [2.24, 2.45) is 5.92 Å². The Kier molecular flexibility index (Phi) is 8.58. The van der Waals surface area contributed by atoms with E-state index in [0.717, 1.165) is 31.9 Å². The molecule has 10 nitrogen and oxygen atoms in total. The number of hydrogen-bond acceptors (Lipinski definition) is 6. The van der Waals surface area contributed by atoms with Crippen LogP contribution in [0.15, 0.2) is 54.6 Å². The smallest absolute Gasteiger partial charge is 0.322 e. The highest BCUT2D eigenvalue weighted by Gasteiger charge is 2.52. The predicted molar refractivity (Wildman–Crippen MR) is 158 cm³/mol. The number of likely N-dealkylation sites (tertiary alicyclic amines) is 2. The Morgan fingerprint density at radius 1 is 0.902 bits per heavy atom. The topological polar surface area (TPSA) is 105 Å². The Morgan fingerprint density at radius 3 is 2.24 bits per heavy atom. The number of ketones is 1. The molecule has 10 heteroatoms. The van der Waals surface area contributed by atoms with Crippen LogP contribution < -0.4 is 15.5 Å². The first-order chi connectivity index (χ1) is 19.7. The molecule has 0 radical (unpaired) electrons. The van der Waals surface area contributed by atoms with Crippen LogP contribution in [0.2, 0.25) is 0 Å². The zero-order valence-corrected chi connectivity index (χ0v) is 24.1. The zero-order valence-electron chi connectivity index (χ0n) is 24.1. The number of Topliss-reactive ketones (excluding diaryl/α,β-unsaturated/α-hetero) is 1. The van der Waals surface area contributed by atoms with E-state index in [1.807, 2.05) is 44.2 Å². The minimum atomic E-state index is -0.765. The number of rotatable bonds is 7. The molecule has 3 heterocycles. The highest BCUT2D eigenvalue weighted by atomic mass is 16.2. The van der Waals surface area contributed by atoms with Gasteiger partial charge in [-0.3, -0.25) is 14.4 Å². The fourth-order valence-electron chi connectivity index (χ4n) is 6.08. The summed E-state index contributed by atoms with van der Waals surface area (Å²) in [5, 5.41) is 5.80. The van der Waals surface area contributed by atoms with E-state index in [9.17, 15) is 19.2 Å². The lowest BCUT2D eigenvalue weighted by Crippen LogP contribution is -2.53. The normalized spacial score (nSPS) is 21.7. The number of hydrogen-bond donors (Lipinski definition) is 2. The van der Waals surface area contributed by atoms with Crippen molar-refractivity contribution >= 4 is 35.0 Å². The zero-order chi connectivity index (χ0) is 29.1. The molecular formula is C31H40N6O4. The molecule has 4 amide bonds. The lowest BCUT2D eigenvalue weighted by molar-refractivity contribution is -0.138. The Morgan fingerprint density at radius 2 is 1.59 bits per heavy atom. The summed E-state index contributed by atoms with van der Waals surface area (Å²) in [5.74, 6) is -0.591. The molecule has 5 rings (SSSR count). The molecule has 0 bridgehead atoms. The Hall–Kier alpha value is -3.92. The third-order valence-corrected chi connectivity index (χ3v) is 8.30. The molecule has 3 atom stereocenters. The lowest BCUT2D eigenvalue weighted by Gasteiger charge is -2.34. The maximum atomic E-state index is 13.8. The van der Waals surface area contributed by atoms with Gasteiger partial charge in [-0.1, -0.05) is 32.0 Å². The Labute approximate surface area is 241 Å². The average molecular weight is 561 g/mol. The number of fused-ring (bicyclic) bond motifs is 1. The molecule has 0 saturated carbocycles. The lowest BCUT2D eigenvalue weighted by atomic mass is 10.0. The van der Waals surface area contributed by atoms with Gasteiger partial charge < -0.3 is 30.2 Å². The second-order valence-electron chi connectivity index (χ2n) is 11.7. The maximum Gasteiger partial charge on any atom is 0.322 e. The monoisotopic (exact) mass is 560 g/mol. The van der Waals surface area contributed by atoms with E-state index < -0.39 is 12.1 Å². The third-order valence-electron chi connectivity index (χ3n) is 8.30. The second kappa shape index (κ2) is 12.3. The van der Waals surface area contributed by atoms with Gasteiger partial charge >= 0.3 is 6.03 Å². The van der Waals surface area contributed by atoms with Gasteiger partial charge in [0.1, 0.15) is 12.1 Å². The van der Waals surface area contributed by atoms with Crippen LogP contribution in [0.1, 0.15) is 37.0 Å². The van der Waals surface area contributed by atoms with Crippen molar-refractivity contribution in [1.29, 1.82) is 0 Å². The summed E-state index contributed by atoms with van der Waals surface area (Å²) in [6.45, 7) is 8.19. The van der Waals surface area contributed by atoms with E-state index in [4.69, 9.17) is 0 Å². The van der Waals surface area contributed by atoms with Gasteiger partial charge in [-0.25, -0.2) is 4.79 Å². The molecule has 41 heavy (non-hydrogen) atoms. The van der Waals surface area contributed by atoms with E-state index in [1.54, 1.807) is 29.2 Å². The van der Waals surface area contributed by atoms with E-state index >= 15 is 0 Å². The summed E-state index contributed by atoms with van der Waals surface area (Å²) < 4.78 is 0. The quantitative estimate of drug-likeness (QED) is 0.540. The van der Waals surface area contributed by atoms with Crippen LogP contribution >= 0.6 is 0 Å². The van der Waals surface area contributed by atoms with Crippen LogP contribution in [-0.4, -0.2) is 103 Å². The van der Waals surface area contributed by atoms with Crippen LogP contribution in [0.25, 0.3) is 0 Å². The number of para-hydroxylation sites is 1. The first-order valence-corrected chi connectivity index (χ1v) is 14.5. The number of carbonyl (C=O) groups is 4. The van der Waals surface area contributed by atoms with Crippen LogP contribution in [0.3, 0.4) is 0 Å². The van der Waals surface area contributed by atoms with Crippen LogP contribution in [0.4, 0.5) is 16.2 Å². The molecule has 3 unspecified atom stereocenters. The minimum absolute atomic E-state index is 0.0430. The van der Waals surface area contributed by atoms with Crippen LogP contribution in [-0.2, 0) is 9.59 Å².